The first-order valence-corrected chi connectivity index (χ1v) is 6.67. The highest BCUT2D eigenvalue weighted by molar-refractivity contribution is 5.07. The Balaban J connectivity index is 2.05. The van der Waals surface area contributed by atoms with Crippen LogP contribution >= 0.6 is 0 Å². The lowest BCUT2D eigenvalue weighted by atomic mass is 9.74. The van der Waals surface area contributed by atoms with Gasteiger partial charge in [-0.05, 0) is 30.7 Å². The molecule has 0 saturated heterocycles. The van der Waals surface area contributed by atoms with Crippen molar-refractivity contribution >= 4 is 0 Å². The van der Waals surface area contributed by atoms with Gasteiger partial charge in [-0.1, -0.05) is 12.8 Å². The molecule has 3 unspecified atom stereocenters. The fraction of sp³-hybridized carbons (Fsp3) is 0.769. The zero-order chi connectivity index (χ0) is 14.0. The van der Waals surface area contributed by atoms with Crippen LogP contribution in [0.4, 0.5) is 13.2 Å². The van der Waals surface area contributed by atoms with Gasteiger partial charge < -0.3 is 5.73 Å². The first-order valence-electron chi connectivity index (χ1n) is 6.67. The number of hydrogen-bond acceptors (Lipinski definition) is 2. The summed E-state index contributed by atoms with van der Waals surface area (Å²) in [4.78, 5) is 0. The molecule has 0 aliphatic heterocycles. The summed E-state index contributed by atoms with van der Waals surface area (Å²) in [5.41, 5.74) is 6.94. The molecular formula is C13H20F3N3. The molecule has 1 aliphatic rings. The predicted octanol–water partition coefficient (Wildman–Crippen LogP) is 2.66. The standard InChI is InChI=1S/C13H20F3N3/c1-19-8-9(7-18-19)6-12(17)10-4-2-3-5-11(10)13(14,15)16/h7-8,10-12H,2-6,17H2,1H3. The van der Waals surface area contributed by atoms with Gasteiger partial charge >= 0.3 is 6.18 Å². The summed E-state index contributed by atoms with van der Waals surface area (Å²) in [6.07, 6.45) is 2.11. The number of alkyl halides is 3. The summed E-state index contributed by atoms with van der Waals surface area (Å²) in [6.45, 7) is 0. The van der Waals surface area contributed by atoms with Crippen LogP contribution in [0.3, 0.4) is 0 Å². The van der Waals surface area contributed by atoms with E-state index in [1.54, 1.807) is 17.9 Å². The van der Waals surface area contributed by atoms with Gasteiger partial charge in [0.1, 0.15) is 0 Å². The lowest BCUT2D eigenvalue weighted by molar-refractivity contribution is -0.198. The molecule has 2 N–H and O–H groups in total. The quantitative estimate of drug-likeness (QED) is 0.921. The number of hydrogen-bond donors (Lipinski definition) is 1. The van der Waals surface area contributed by atoms with E-state index in [1.165, 1.54) is 0 Å². The first-order chi connectivity index (χ1) is 8.88. The molecule has 0 aromatic carbocycles. The van der Waals surface area contributed by atoms with E-state index in [0.29, 0.717) is 19.3 Å². The van der Waals surface area contributed by atoms with Crippen LogP contribution in [-0.4, -0.2) is 22.0 Å². The molecule has 0 amide bonds. The van der Waals surface area contributed by atoms with E-state index in [1.807, 2.05) is 6.20 Å². The van der Waals surface area contributed by atoms with Crippen LogP contribution in [0.5, 0.6) is 0 Å². The van der Waals surface area contributed by atoms with E-state index in [4.69, 9.17) is 5.73 Å². The fourth-order valence-corrected chi connectivity index (χ4v) is 3.08. The van der Waals surface area contributed by atoms with Crippen LogP contribution in [-0.2, 0) is 13.5 Å². The summed E-state index contributed by atoms with van der Waals surface area (Å²) in [5, 5.41) is 4.02. The summed E-state index contributed by atoms with van der Waals surface area (Å²) >= 11 is 0. The summed E-state index contributed by atoms with van der Waals surface area (Å²) in [7, 11) is 1.79. The third kappa shape index (κ3) is 3.49. The molecule has 2 rings (SSSR count). The molecule has 108 valence electrons. The zero-order valence-electron chi connectivity index (χ0n) is 11.0. The Hall–Kier alpha value is -1.04. The van der Waals surface area contributed by atoms with Crippen LogP contribution < -0.4 is 5.73 Å². The SMILES string of the molecule is Cn1cc(CC(N)C2CCCCC2C(F)(F)F)cn1. The van der Waals surface area contributed by atoms with E-state index >= 15 is 0 Å². The molecule has 1 aromatic heterocycles. The summed E-state index contributed by atoms with van der Waals surface area (Å²) < 4.78 is 40.7. The Labute approximate surface area is 111 Å². The zero-order valence-corrected chi connectivity index (χ0v) is 11.0. The average molecular weight is 275 g/mol. The third-order valence-electron chi connectivity index (χ3n) is 4.02. The van der Waals surface area contributed by atoms with Crippen LogP contribution in [0.1, 0.15) is 31.2 Å². The Bertz CT molecular complexity index is 414. The van der Waals surface area contributed by atoms with Crippen LogP contribution in [0.2, 0.25) is 0 Å². The summed E-state index contributed by atoms with van der Waals surface area (Å²) in [5.74, 6) is -1.71. The molecule has 1 heterocycles. The van der Waals surface area contributed by atoms with Crippen molar-refractivity contribution in [2.24, 2.45) is 24.6 Å². The second kappa shape index (κ2) is 5.53. The molecule has 19 heavy (non-hydrogen) atoms. The highest BCUT2D eigenvalue weighted by atomic mass is 19.4. The highest BCUT2D eigenvalue weighted by Gasteiger charge is 2.47. The van der Waals surface area contributed by atoms with Gasteiger partial charge in [0.15, 0.2) is 0 Å². The first kappa shape index (κ1) is 14.4. The number of aromatic nitrogens is 2. The minimum absolute atomic E-state index is 0.217. The van der Waals surface area contributed by atoms with Crippen molar-refractivity contribution in [1.29, 1.82) is 0 Å². The number of halogens is 3. The second-order valence-corrected chi connectivity index (χ2v) is 5.49. The van der Waals surface area contributed by atoms with Crippen molar-refractivity contribution in [3.63, 3.8) is 0 Å². The normalized spacial score (nSPS) is 26.4. The minimum atomic E-state index is -4.13. The van der Waals surface area contributed by atoms with Crippen molar-refractivity contribution in [3.05, 3.63) is 18.0 Å². The largest absolute Gasteiger partial charge is 0.392 e. The number of aryl methyl sites for hydroxylation is 1. The average Bonchev–Trinajstić information content (AvgIpc) is 2.73. The van der Waals surface area contributed by atoms with E-state index in [9.17, 15) is 13.2 Å². The topological polar surface area (TPSA) is 43.8 Å². The molecule has 0 radical (unpaired) electrons. The molecule has 0 spiro atoms. The van der Waals surface area contributed by atoms with Crippen LogP contribution in [0.25, 0.3) is 0 Å². The smallest absolute Gasteiger partial charge is 0.327 e. The van der Waals surface area contributed by atoms with Gasteiger partial charge in [-0.2, -0.15) is 18.3 Å². The lowest BCUT2D eigenvalue weighted by Gasteiger charge is -2.36. The molecule has 1 aromatic rings. The Morgan fingerprint density at radius 2 is 2.11 bits per heavy atom. The molecule has 1 fully saturated rings. The van der Waals surface area contributed by atoms with E-state index in [-0.39, 0.29) is 6.42 Å². The lowest BCUT2D eigenvalue weighted by Crippen LogP contribution is -2.44. The predicted molar refractivity (Wildman–Crippen MR) is 66.4 cm³/mol. The maximum absolute atomic E-state index is 13.0. The number of nitrogens with zero attached hydrogens (tertiary/aromatic N) is 2. The Kier molecular flexibility index (Phi) is 4.18. The van der Waals surface area contributed by atoms with Gasteiger partial charge in [-0.15, -0.1) is 0 Å². The molecule has 1 saturated carbocycles. The molecule has 1 aliphatic carbocycles. The van der Waals surface area contributed by atoms with Gasteiger partial charge in [0, 0.05) is 19.3 Å². The van der Waals surface area contributed by atoms with Gasteiger partial charge in [0.2, 0.25) is 0 Å². The summed E-state index contributed by atoms with van der Waals surface area (Å²) in [6, 6.07) is -0.448. The number of rotatable bonds is 3. The van der Waals surface area contributed by atoms with E-state index < -0.39 is 24.1 Å². The van der Waals surface area contributed by atoms with E-state index in [0.717, 1.165) is 12.0 Å². The van der Waals surface area contributed by atoms with Crippen LogP contribution in [0, 0.1) is 11.8 Å². The third-order valence-corrected chi connectivity index (χ3v) is 4.02. The van der Waals surface area contributed by atoms with Gasteiger partial charge in [0.05, 0.1) is 12.1 Å². The molecule has 0 bridgehead atoms. The monoisotopic (exact) mass is 275 g/mol. The van der Waals surface area contributed by atoms with Crippen molar-refractivity contribution in [3.8, 4) is 0 Å². The van der Waals surface area contributed by atoms with Crippen molar-refractivity contribution < 1.29 is 13.2 Å². The molecule has 6 heteroatoms. The maximum Gasteiger partial charge on any atom is 0.392 e. The highest BCUT2D eigenvalue weighted by Crippen LogP contribution is 2.42. The fourth-order valence-electron chi connectivity index (χ4n) is 3.08. The molecule has 3 atom stereocenters. The molecular weight excluding hydrogens is 255 g/mol. The second-order valence-electron chi connectivity index (χ2n) is 5.49. The Morgan fingerprint density at radius 1 is 1.42 bits per heavy atom. The van der Waals surface area contributed by atoms with Crippen molar-refractivity contribution in [1.82, 2.24) is 9.78 Å². The molecule has 3 nitrogen and oxygen atoms in total. The van der Waals surface area contributed by atoms with Crippen molar-refractivity contribution in [2.75, 3.05) is 0 Å². The van der Waals surface area contributed by atoms with E-state index in [2.05, 4.69) is 5.10 Å². The van der Waals surface area contributed by atoms with Crippen molar-refractivity contribution in [2.45, 2.75) is 44.3 Å². The van der Waals surface area contributed by atoms with Gasteiger partial charge in [-0.3, -0.25) is 4.68 Å². The maximum atomic E-state index is 13.0. The van der Waals surface area contributed by atoms with Gasteiger partial charge in [0.25, 0.3) is 0 Å². The number of nitrogens with two attached hydrogens (primary N) is 1. The Morgan fingerprint density at radius 3 is 2.68 bits per heavy atom. The van der Waals surface area contributed by atoms with Gasteiger partial charge in [-0.25, -0.2) is 0 Å². The minimum Gasteiger partial charge on any atom is -0.327 e. The van der Waals surface area contributed by atoms with Crippen LogP contribution in [0.15, 0.2) is 12.4 Å².